The predicted octanol–water partition coefficient (Wildman–Crippen LogP) is 3.06. The maximum Gasteiger partial charge on any atom is 0.251 e. The highest BCUT2D eigenvalue weighted by Crippen LogP contribution is 2.38. The number of hydrogen-bond acceptors (Lipinski definition) is 6. The molecule has 2 aliphatic rings. The number of halogens is 1. The molecule has 8 heteroatoms. The van der Waals surface area contributed by atoms with E-state index in [0.717, 1.165) is 17.5 Å². The van der Waals surface area contributed by atoms with E-state index in [1.165, 1.54) is 12.0 Å². The van der Waals surface area contributed by atoms with Crippen molar-refractivity contribution in [3.8, 4) is 17.2 Å². The van der Waals surface area contributed by atoms with Crippen LogP contribution in [0.1, 0.15) is 17.5 Å². The molecule has 0 N–H and O–H groups in total. The van der Waals surface area contributed by atoms with Gasteiger partial charge >= 0.3 is 0 Å². The van der Waals surface area contributed by atoms with Gasteiger partial charge in [-0.2, -0.15) is 0 Å². The van der Waals surface area contributed by atoms with Crippen molar-refractivity contribution in [3.05, 3.63) is 46.5 Å². The Hall–Kier alpha value is -2.77. The fourth-order valence-corrected chi connectivity index (χ4v) is 4.33. The van der Waals surface area contributed by atoms with Crippen molar-refractivity contribution in [2.45, 2.75) is 25.4 Å². The molecule has 0 saturated carbocycles. The van der Waals surface area contributed by atoms with Crippen molar-refractivity contribution >= 4 is 29.1 Å². The van der Waals surface area contributed by atoms with Crippen LogP contribution in [-0.2, 0) is 22.6 Å². The number of amides is 2. The molecule has 2 aromatic carbocycles. The molecule has 0 aromatic heterocycles. The minimum atomic E-state index is -0.526. The van der Waals surface area contributed by atoms with Crippen molar-refractivity contribution in [2.75, 3.05) is 32.8 Å². The maximum atomic E-state index is 13.3. The Labute approximate surface area is 180 Å². The first-order chi connectivity index (χ1) is 14.5. The van der Waals surface area contributed by atoms with E-state index in [1.54, 1.807) is 32.4 Å². The van der Waals surface area contributed by atoms with E-state index in [1.807, 2.05) is 17.0 Å². The second-order valence-corrected chi connectivity index (χ2v) is 7.74. The molecule has 0 spiro atoms. The topological polar surface area (TPSA) is 68.3 Å². The van der Waals surface area contributed by atoms with Crippen LogP contribution in [0, 0.1) is 0 Å². The van der Waals surface area contributed by atoms with Gasteiger partial charge < -0.3 is 14.2 Å². The first-order valence-electron chi connectivity index (χ1n) is 9.65. The molecule has 2 aliphatic heterocycles. The number of benzene rings is 2. The molecule has 4 rings (SSSR count). The van der Waals surface area contributed by atoms with Crippen LogP contribution in [0.5, 0.6) is 17.2 Å². The predicted molar refractivity (Wildman–Crippen MR) is 113 cm³/mol. The number of fused-ring (bicyclic) bond motifs is 1. The van der Waals surface area contributed by atoms with E-state index in [4.69, 9.17) is 25.8 Å². The smallest absolute Gasteiger partial charge is 0.251 e. The van der Waals surface area contributed by atoms with E-state index >= 15 is 0 Å². The van der Waals surface area contributed by atoms with Crippen LogP contribution in [-0.4, -0.2) is 50.6 Å². The molecule has 1 saturated heterocycles. The minimum absolute atomic E-state index is 0.122. The Morgan fingerprint density at radius 1 is 0.933 bits per heavy atom. The molecule has 7 nitrogen and oxygen atoms in total. The second kappa shape index (κ2) is 8.16. The van der Waals surface area contributed by atoms with Crippen LogP contribution < -0.4 is 19.1 Å². The van der Waals surface area contributed by atoms with Crippen LogP contribution in [0.3, 0.4) is 0 Å². The maximum absolute atomic E-state index is 13.3. The van der Waals surface area contributed by atoms with Gasteiger partial charge in [0.05, 0.1) is 39.5 Å². The molecule has 30 heavy (non-hydrogen) atoms. The van der Waals surface area contributed by atoms with Gasteiger partial charge in [-0.1, -0.05) is 11.6 Å². The summed E-state index contributed by atoms with van der Waals surface area (Å²) in [5.74, 6) is 1.25. The Morgan fingerprint density at radius 3 is 2.27 bits per heavy atom. The summed E-state index contributed by atoms with van der Waals surface area (Å²) < 4.78 is 16.1. The molecule has 0 aliphatic carbocycles. The van der Waals surface area contributed by atoms with Crippen LogP contribution >= 0.6 is 11.6 Å². The van der Waals surface area contributed by atoms with Crippen LogP contribution in [0.25, 0.3) is 0 Å². The number of carbonyl (C=O) groups is 2. The highest BCUT2D eigenvalue weighted by Gasteiger charge is 2.44. The highest BCUT2D eigenvalue weighted by molar-refractivity contribution is 6.31. The largest absolute Gasteiger partial charge is 0.495 e. The lowest BCUT2D eigenvalue weighted by atomic mass is 9.97. The van der Waals surface area contributed by atoms with Gasteiger partial charge in [-0.05, 0) is 47.9 Å². The summed E-state index contributed by atoms with van der Waals surface area (Å²) >= 11 is 6.10. The van der Waals surface area contributed by atoms with Gasteiger partial charge in [0.2, 0.25) is 5.91 Å². The minimum Gasteiger partial charge on any atom is -0.495 e. The Morgan fingerprint density at radius 2 is 1.60 bits per heavy atom. The van der Waals surface area contributed by atoms with Gasteiger partial charge in [0.25, 0.3) is 5.91 Å². The molecule has 0 bridgehead atoms. The number of methoxy groups -OCH3 is 3. The molecule has 2 aromatic rings. The average Bonchev–Trinajstić information content (AvgIpc) is 3.05. The van der Waals surface area contributed by atoms with Crippen molar-refractivity contribution in [1.82, 2.24) is 4.90 Å². The van der Waals surface area contributed by atoms with E-state index in [0.29, 0.717) is 41.0 Å². The average molecular weight is 431 g/mol. The SMILES string of the molecule is COc1cc2c(cc1OC)CN([C@H]1CC(=O)N(c3cc(Cl)ccc3OC)C1=O)CC2. The number of nitrogens with zero attached hydrogens (tertiary/aromatic N) is 2. The molecule has 1 atom stereocenters. The third-order valence-electron chi connectivity index (χ3n) is 5.69. The fourth-order valence-electron chi connectivity index (χ4n) is 4.16. The van der Waals surface area contributed by atoms with Gasteiger partial charge in [0.15, 0.2) is 11.5 Å². The lowest BCUT2D eigenvalue weighted by molar-refractivity contribution is -0.123. The molecule has 158 valence electrons. The molecular weight excluding hydrogens is 408 g/mol. The van der Waals surface area contributed by atoms with Gasteiger partial charge in [-0.25, -0.2) is 4.90 Å². The molecule has 0 unspecified atom stereocenters. The van der Waals surface area contributed by atoms with Crippen molar-refractivity contribution in [1.29, 1.82) is 0 Å². The quantitative estimate of drug-likeness (QED) is 0.679. The van der Waals surface area contributed by atoms with Crippen molar-refractivity contribution < 1.29 is 23.8 Å². The normalized spacial score (nSPS) is 19.1. The van der Waals surface area contributed by atoms with Crippen LogP contribution in [0.4, 0.5) is 5.69 Å². The summed E-state index contributed by atoms with van der Waals surface area (Å²) in [6.07, 6.45) is 0.880. The van der Waals surface area contributed by atoms with Gasteiger partial charge in [-0.15, -0.1) is 0 Å². The van der Waals surface area contributed by atoms with E-state index < -0.39 is 6.04 Å². The molecular formula is C22H23ClN2O5. The fraction of sp³-hybridized carbons (Fsp3) is 0.364. The van der Waals surface area contributed by atoms with Crippen LogP contribution in [0.15, 0.2) is 30.3 Å². The van der Waals surface area contributed by atoms with Gasteiger partial charge in [0, 0.05) is 18.1 Å². The molecule has 2 amide bonds. The zero-order valence-corrected chi connectivity index (χ0v) is 17.9. The van der Waals surface area contributed by atoms with Crippen molar-refractivity contribution in [3.63, 3.8) is 0 Å². The Bertz CT molecular complexity index is 1010. The van der Waals surface area contributed by atoms with Gasteiger partial charge in [0.1, 0.15) is 5.75 Å². The third kappa shape index (κ3) is 3.48. The third-order valence-corrected chi connectivity index (χ3v) is 5.93. The van der Waals surface area contributed by atoms with Gasteiger partial charge in [-0.3, -0.25) is 14.5 Å². The monoisotopic (exact) mass is 430 g/mol. The van der Waals surface area contributed by atoms with Crippen LogP contribution in [0.2, 0.25) is 5.02 Å². The number of imide groups is 1. The standard InChI is InChI=1S/C22H23ClN2O5/c1-28-18-5-4-15(23)10-16(18)25-21(26)11-17(22(25)27)24-7-6-13-8-19(29-2)20(30-3)9-14(13)12-24/h4-5,8-10,17H,6-7,11-12H2,1-3H3/t17-/m0/s1. The highest BCUT2D eigenvalue weighted by atomic mass is 35.5. The summed E-state index contributed by atoms with van der Waals surface area (Å²) in [4.78, 5) is 29.3. The Balaban J connectivity index is 1.60. The zero-order valence-electron chi connectivity index (χ0n) is 17.1. The number of ether oxygens (including phenoxy) is 3. The summed E-state index contributed by atoms with van der Waals surface area (Å²) in [6.45, 7) is 1.23. The number of anilines is 1. The molecule has 2 heterocycles. The number of rotatable bonds is 5. The second-order valence-electron chi connectivity index (χ2n) is 7.30. The Kier molecular flexibility index (Phi) is 5.58. The van der Waals surface area contributed by atoms with E-state index in [2.05, 4.69) is 0 Å². The molecule has 0 radical (unpaired) electrons. The zero-order chi connectivity index (χ0) is 21.4. The van der Waals surface area contributed by atoms with E-state index in [-0.39, 0.29) is 18.2 Å². The summed E-state index contributed by atoms with van der Waals surface area (Å²) in [7, 11) is 4.71. The summed E-state index contributed by atoms with van der Waals surface area (Å²) in [5.41, 5.74) is 2.61. The summed E-state index contributed by atoms with van der Waals surface area (Å²) in [6, 6.07) is 8.30. The van der Waals surface area contributed by atoms with Crippen molar-refractivity contribution in [2.24, 2.45) is 0 Å². The first-order valence-corrected chi connectivity index (χ1v) is 10.0. The number of carbonyl (C=O) groups excluding carboxylic acids is 2. The number of hydrogen-bond donors (Lipinski definition) is 0. The summed E-state index contributed by atoms with van der Waals surface area (Å²) in [5, 5.41) is 0.433. The lowest BCUT2D eigenvalue weighted by Crippen LogP contribution is -2.44. The molecule has 1 fully saturated rings. The lowest BCUT2D eigenvalue weighted by Gasteiger charge is -2.32. The van der Waals surface area contributed by atoms with E-state index in [9.17, 15) is 9.59 Å². The first kappa shape index (κ1) is 20.5.